The van der Waals surface area contributed by atoms with Crippen LogP contribution in [0.1, 0.15) is 13.3 Å². The van der Waals surface area contributed by atoms with Gasteiger partial charge in [0.05, 0.1) is 10.6 Å². The van der Waals surface area contributed by atoms with Crippen molar-refractivity contribution >= 4 is 33.2 Å². The highest BCUT2D eigenvalue weighted by Crippen LogP contribution is 2.27. The Labute approximate surface area is 127 Å². The normalized spacial score (nSPS) is 18.6. The molecule has 1 atom stereocenters. The topological polar surface area (TPSA) is 101 Å². The zero-order chi connectivity index (χ0) is 15.5. The second kappa shape index (κ2) is 6.63. The Balaban J connectivity index is 2.34. The minimum absolute atomic E-state index is 0.0480. The fourth-order valence-electron chi connectivity index (χ4n) is 2.10. The zero-order valence-corrected chi connectivity index (χ0v) is 13.2. The molecule has 7 nitrogen and oxygen atoms in total. The highest BCUT2D eigenvalue weighted by Gasteiger charge is 2.26. The van der Waals surface area contributed by atoms with Crippen molar-refractivity contribution in [3.05, 3.63) is 28.3 Å². The highest BCUT2D eigenvalue weighted by atomic mass is 32.2. The Hall–Kier alpha value is -1.32. The SMILES string of the molecule is CCNc1cc([N+](=O)[O-])ccc1S(=O)(=O)NC1CCSC1. The van der Waals surface area contributed by atoms with Crippen molar-refractivity contribution < 1.29 is 13.3 Å². The second-order valence-corrected chi connectivity index (χ2v) is 7.48. The van der Waals surface area contributed by atoms with Gasteiger partial charge in [-0.3, -0.25) is 10.1 Å². The second-order valence-electron chi connectivity index (χ2n) is 4.65. The first-order valence-corrected chi connectivity index (χ1v) is 9.20. The van der Waals surface area contributed by atoms with Gasteiger partial charge < -0.3 is 5.32 Å². The molecule has 0 spiro atoms. The number of sulfonamides is 1. The molecule has 0 saturated carbocycles. The summed E-state index contributed by atoms with van der Waals surface area (Å²) >= 11 is 1.71. The maximum Gasteiger partial charge on any atom is 0.271 e. The minimum Gasteiger partial charge on any atom is -0.384 e. The van der Waals surface area contributed by atoms with Gasteiger partial charge >= 0.3 is 0 Å². The summed E-state index contributed by atoms with van der Waals surface area (Å²) in [5, 5.41) is 13.7. The van der Waals surface area contributed by atoms with Crippen LogP contribution in [0.15, 0.2) is 23.1 Å². The van der Waals surface area contributed by atoms with E-state index in [-0.39, 0.29) is 22.3 Å². The molecule has 0 aliphatic carbocycles. The molecular weight excluding hydrogens is 314 g/mol. The van der Waals surface area contributed by atoms with E-state index < -0.39 is 14.9 Å². The van der Waals surface area contributed by atoms with Crippen LogP contribution in [-0.4, -0.2) is 37.4 Å². The first-order chi connectivity index (χ1) is 9.94. The summed E-state index contributed by atoms with van der Waals surface area (Å²) in [4.78, 5) is 10.3. The summed E-state index contributed by atoms with van der Waals surface area (Å²) < 4.78 is 27.5. The van der Waals surface area contributed by atoms with Crippen molar-refractivity contribution in [2.75, 3.05) is 23.4 Å². The van der Waals surface area contributed by atoms with Gasteiger partial charge in [-0.15, -0.1) is 0 Å². The molecule has 1 heterocycles. The number of thioether (sulfide) groups is 1. The molecule has 1 aliphatic rings. The van der Waals surface area contributed by atoms with Gasteiger partial charge in [0.15, 0.2) is 0 Å². The van der Waals surface area contributed by atoms with Crippen LogP contribution < -0.4 is 10.0 Å². The van der Waals surface area contributed by atoms with Crippen LogP contribution in [0.2, 0.25) is 0 Å². The number of nitrogens with zero attached hydrogens (tertiary/aromatic N) is 1. The van der Waals surface area contributed by atoms with Gasteiger partial charge in [0.25, 0.3) is 5.69 Å². The Kier molecular flexibility index (Phi) is 5.07. The Morgan fingerprint density at radius 3 is 2.81 bits per heavy atom. The van der Waals surface area contributed by atoms with Crippen molar-refractivity contribution in [3.8, 4) is 0 Å². The van der Waals surface area contributed by atoms with Crippen molar-refractivity contribution in [1.82, 2.24) is 4.72 Å². The van der Waals surface area contributed by atoms with E-state index in [1.54, 1.807) is 18.7 Å². The number of non-ortho nitro benzene ring substituents is 1. The number of anilines is 1. The summed E-state index contributed by atoms with van der Waals surface area (Å²) in [6.45, 7) is 2.28. The van der Waals surface area contributed by atoms with Crippen LogP contribution >= 0.6 is 11.8 Å². The van der Waals surface area contributed by atoms with Crippen LogP contribution in [0, 0.1) is 10.1 Å². The summed E-state index contributed by atoms with van der Waals surface area (Å²) in [6, 6.07) is 3.66. The van der Waals surface area contributed by atoms with Crippen molar-refractivity contribution in [1.29, 1.82) is 0 Å². The molecular formula is C12H17N3O4S2. The molecule has 2 N–H and O–H groups in total. The van der Waals surface area contributed by atoms with Crippen LogP contribution in [-0.2, 0) is 10.0 Å². The van der Waals surface area contributed by atoms with Crippen LogP contribution in [0.4, 0.5) is 11.4 Å². The van der Waals surface area contributed by atoms with Crippen molar-refractivity contribution in [3.63, 3.8) is 0 Å². The monoisotopic (exact) mass is 331 g/mol. The van der Waals surface area contributed by atoms with Gasteiger partial charge in [0, 0.05) is 30.5 Å². The number of nitro benzene ring substituents is 1. The van der Waals surface area contributed by atoms with E-state index in [1.807, 2.05) is 0 Å². The van der Waals surface area contributed by atoms with Crippen molar-refractivity contribution in [2.45, 2.75) is 24.3 Å². The Morgan fingerprint density at radius 2 is 2.24 bits per heavy atom. The summed E-state index contributed by atoms with van der Waals surface area (Å²) in [6.07, 6.45) is 0.799. The fourth-order valence-corrected chi connectivity index (χ4v) is 4.80. The maximum absolute atomic E-state index is 12.4. The lowest BCUT2D eigenvalue weighted by atomic mass is 10.3. The number of hydrogen-bond donors (Lipinski definition) is 2. The van der Waals surface area contributed by atoms with E-state index >= 15 is 0 Å². The van der Waals surface area contributed by atoms with Crippen LogP contribution in [0.25, 0.3) is 0 Å². The molecule has 0 radical (unpaired) electrons. The summed E-state index contributed by atoms with van der Waals surface area (Å²) in [5.74, 6) is 1.69. The maximum atomic E-state index is 12.4. The first-order valence-electron chi connectivity index (χ1n) is 6.56. The van der Waals surface area contributed by atoms with Crippen molar-refractivity contribution in [2.24, 2.45) is 0 Å². The third kappa shape index (κ3) is 3.86. The third-order valence-electron chi connectivity index (χ3n) is 3.08. The smallest absolute Gasteiger partial charge is 0.271 e. The Morgan fingerprint density at radius 1 is 1.48 bits per heavy atom. The van der Waals surface area contributed by atoms with Crippen LogP contribution in [0.3, 0.4) is 0 Å². The molecule has 1 aliphatic heterocycles. The van der Waals surface area contributed by atoms with E-state index in [4.69, 9.17) is 0 Å². The highest BCUT2D eigenvalue weighted by molar-refractivity contribution is 7.99. The predicted molar refractivity (Wildman–Crippen MR) is 83.3 cm³/mol. The van der Waals surface area contributed by atoms with Crippen LogP contribution in [0.5, 0.6) is 0 Å². The number of rotatable bonds is 6. The number of nitrogens with one attached hydrogen (secondary N) is 2. The minimum atomic E-state index is -3.69. The quantitative estimate of drug-likeness (QED) is 0.609. The van der Waals surface area contributed by atoms with E-state index in [0.29, 0.717) is 6.54 Å². The molecule has 0 aromatic heterocycles. The van der Waals surface area contributed by atoms with Gasteiger partial charge in [-0.2, -0.15) is 11.8 Å². The average Bonchev–Trinajstić information content (AvgIpc) is 2.91. The molecule has 9 heteroatoms. The van der Waals surface area contributed by atoms with Gasteiger partial charge in [-0.05, 0) is 25.2 Å². The molecule has 2 rings (SSSR count). The fraction of sp³-hybridized carbons (Fsp3) is 0.500. The van der Waals surface area contributed by atoms with E-state index in [0.717, 1.165) is 17.9 Å². The predicted octanol–water partition coefficient (Wildman–Crippen LogP) is 1.81. The molecule has 1 fully saturated rings. The van der Waals surface area contributed by atoms with E-state index in [2.05, 4.69) is 10.0 Å². The molecule has 1 saturated heterocycles. The Bertz CT molecular complexity index is 627. The molecule has 0 bridgehead atoms. The molecule has 0 amide bonds. The van der Waals surface area contributed by atoms with Gasteiger partial charge in [0.1, 0.15) is 4.90 Å². The largest absolute Gasteiger partial charge is 0.384 e. The molecule has 1 unspecified atom stereocenters. The summed E-state index contributed by atoms with van der Waals surface area (Å²) in [5.41, 5.74) is 0.117. The average molecular weight is 331 g/mol. The van der Waals surface area contributed by atoms with Gasteiger partial charge in [-0.1, -0.05) is 0 Å². The lowest BCUT2D eigenvalue weighted by molar-refractivity contribution is -0.384. The molecule has 21 heavy (non-hydrogen) atoms. The lowest BCUT2D eigenvalue weighted by Gasteiger charge is -2.15. The molecule has 1 aromatic rings. The first kappa shape index (κ1) is 16.1. The zero-order valence-electron chi connectivity index (χ0n) is 11.5. The third-order valence-corrected chi connectivity index (χ3v) is 5.82. The van der Waals surface area contributed by atoms with E-state index in [1.165, 1.54) is 18.2 Å². The number of benzene rings is 1. The van der Waals surface area contributed by atoms with E-state index in [9.17, 15) is 18.5 Å². The number of nitro groups is 1. The molecule has 1 aromatic carbocycles. The molecule has 116 valence electrons. The van der Waals surface area contributed by atoms with Gasteiger partial charge in [0.2, 0.25) is 10.0 Å². The standard InChI is InChI=1S/C12H17N3O4S2/c1-2-13-11-7-10(15(16)17)3-4-12(11)21(18,19)14-9-5-6-20-8-9/h3-4,7,9,13-14H,2,5-6,8H2,1H3. The number of hydrogen-bond acceptors (Lipinski definition) is 6. The lowest BCUT2D eigenvalue weighted by Crippen LogP contribution is -2.35. The van der Waals surface area contributed by atoms with Gasteiger partial charge in [-0.25, -0.2) is 13.1 Å². The summed E-state index contributed by atoms with van der Waals surface area (Å²) in [7, 11) is -3.69.